The zero-order valence-corrected chi connectivity index (χ0v) is 24.0. The van der Waals surface area contributed by atoms with Crippen molar-refractivity contribution in [3.63, 3.8) is 0 Å². The van der Waals surface area contributed by atoms with Crippen molar-refractivity contribution in [1.82, 2.24) is 4.90 Å². The topological polar surface area (TPSA) is 49.8 Å². The van der Waals surface area contributed by atoms with Crippen molar-refractivity contribution in [3.8, 4) is 5.75 Å². The molecule has 0 aliphatic carbocycles. The van der Waals surface area contributed by atoms with E-state index >= 15 is 0 Å². The first kappa shape index (κ1) is 31.1. The largest absolute Gasteiger partial charge is 0.491 e. The number of alkyl halides is 3. The summed E-state index contributed by atoms with van der Waals surface area (Å²) in [7, 11) is 0. The number of hydrogen-bond acceptors (Lipinski definition) is 3. The van der Waals surface area contributed by atoms with Crippen LogP contribution in [0.3, 0.4) is 0 Å². The van der Waals surface area contributed by atoms with Gasteiger partial charge in [-0.1, -0.05) is 96.5 Å². The van der Waals surface area contributed by atoms with E-state index in [4.69, 9.17) is 21.4 Å². The summed E-state index contributed by atoms with van der Waals surface area (Å²) in [5, 5.41) is 8.82. The molecule has 220 valence electrons. The number of carbonyl (C=O) groups is 1. The van der Waals surface area contributed by atoms with Crippen LogP contribution < -0.4 is 4.74 Å². The predicted molar refractivity (Wildman–Crippen MR) is 159 cm³/mol. The van der Waals surface area contributed by atoms with Crippen LogP contribution in [0, 0.1) is 0 Å². The second kappa shape index (κ2) is 14.4. The molecule has 0 amide bonds. The fourth-order valence-corrected chi connectivity index (χ4v) is 5.28. The third-order valence-corrected chi connectivity index (χ3v) is 7.51. The summed E-state index contributed by atoms with van der Waals surface area (Å²) in [4.78, 5) is 13.2. The van der Waals surface area contributed by atoms with Crippen molar-refractivity contribution >= 4 is 17.6 Å². The van der Waals surface area contributed by atoms with Gasteiger partial charge >= 0.3 is 12.1 Å². The number of rotatable bonds is 13. The summed E-state index contributed by atoms with van der Waals surface area (Å²) in [6, 6.07) is 31.1. The Balaban J connectivity index is 1.58. The Morgan fingerprint density at radius 2 is 1.52 bits per heavy atom. The summed E-state index contributed by atoms with van der Waals surface area (Å²) in [5.41, 5.74) is 2.40. The highest BCUT2D eigenvalue weighted by Gasteiger charge is 2.34. The monoisotopic (exact) mass is 595 g/mol. The molecule has 4 aromatic carbocycles. The maximum Gasteiger partial charge on any atom is 0.417 e. The van der Waals surface area contributed by atoms with Crippen molar-refractivity contribution in [2.75, 3.05) is 13.1 Å². The zero-order chi connectivity index (χ0) is 30.1. The predicted octanol–water partition coefficient (Wildman–Crippen LogP) is 8.48. The van der Waals surface area contributed by atoms with Crippen LogP contribution in [0.25, 0.3) is 0 Å². The van der Waals surface area contributed by atoms with Gasteiger partial charge in [0, 0.05) is 25.6 Å². The fourth-order valence-electron chi connectivity index (χ4n) is 4.99. The lowest BCUT2D eigenvalue weighted by molar-refractivity contribution is -0.138. The highest BCUT2D eigenvalue weighted by molar-refractivity contribution is 6.32. The van der Waals surface area contributed by atoms with Gasteiger partial charge in [-0.15, -0.1) is 0 Å². The van der Waals surface area contributed by atoms with Gasteiger partial charge in [-0.2, -0.15) is 13.2 Å². The van der Waals surface area contributed by atoms with Gasteiger partial charge in [-0.05, 0) is 53.8 Å². The SMILES string of the molecule is C[C@@H](CCN(Cc1cccc(C(F)(F)F)c1Cl)CC(c1ccccc1)c1ccccc1)Oc1cccc(CC(=O)O)c1. The Bertz CT molecular complexity index is 1410. The quantitative estimate of drug-likeness (QED) is 0.168. The summed E-state index contributed by atoms with van der Waals surface area (Å²) in [6.45, 7) is 3.21. The van der Waals surface area contributed by atoms with Crippen LogP contribution in [0.15, 0.2) is 103 Å². The minimum Gasteiger partial charge on any atom is -0.491 e. The number of benzene rings is 4. The van der Waals surface area contributed by atoms with Gasteiger partial charge in [0.15, 0.2) is 0 Å². The van der Waals surface area contributed by atoms with Crippen LogP contribution in [0.1, 0.15) is 47.1 Å². The van der Waals surface area contributed by atoms with E-state index in [1.807, 2.05) is 43.3 Å². The highest BCUT2D eigenvalue weighted by Crippen LogP contribution is 2.37. The van der Waals surface area contributed by atoms with Crippen molar-refractivity contribution < 1.29 is 27.8 Å². The molecule has 1 atom stereocenters. The number of carboxylic acid groups (broad SMARTS) is 1. The maximum atomic E-state index is 13.6. The van der Waals surface area contributed by atoms with Gasteiger partial charge in [-0.3, -0.25) is 9.69 Å². The second-order valence-electron chi connectivity index (χ2n) is 10.3. The van der Waals surface area contributed by atoms with Gasteiger partial charge in [0.1, 0.15) is 5.75 Å². The Hall–Kier alpha value is -3.81. The Morgan fingerprint density at radius 1 is 0.905 bits per heavy atom. The number of carboxylic acids is 1. The molecular formula is C34H33ClF3NO3. The average molecular weight is 596 g/mol. The molecule has 4 rings (SSSR count). The molecule has 0 saturated heterocycles. The lowest BCUT2D eigenvalue weighted by atomic mass is 9.90. The minimum atomic E-state index is -4.55. The van der Waals surface area contributed by atoms with E-state index in [-0.39, 0.29) is 30.0 Å². The maximum absolute atomic E-state index is 13.6. The smallest absolute Gasteiger partial charge is 0.417 e. The van der Waals surface area contributed by atoms with Gasteiger partial charge in [0.25, 0.3) is 0 Å². The molecule has 0 aromatic heterocycles. The Morgan fingerprint density at radius 3 is 2.12 bits per heavy atom. The van der Waals surface area contributed by atoms with Crippen LogP contribution in [-0.4, -0.2) is 35.2 Å². The molecule has 0 unspecified atom stereocenters. The molecule has 0 saturated carbocycles. The lowest BCUT2D eigenvalue weighted by Gasteiger charge is -2.30. The third kappa shape index (κ3) is 8.84. The molecule has 0 spiro atoms. The van der Waals surface area contributed by atoms with E-state index in [1.165, 1.54) is 6.07 Å². The number of halogens is 4. The molecule has 0 heterocycles. The number of aliphatic carboxylic acids is 1. The Labute approximate surface area is 249 Å². The number of hydrogen-bond donors (Lipinski definition) is 1. The summed E-state index contributed by atoms with van der Waals surface area (Å²) in [6.07, 6.45) is -4.31. The van der Waals surface area contributed by atoms with E-state index in [2.05, 4.69) is 29.2 Å². The molecule has 4 nitrogen and oxygen atoms in total. The van der Waals surface area contributed by atoms with Crippen molar-refractivity contribution in [2.24, 2.45) is 0 Å². The van der Waals surface area contributed by atoms with E-state index in [1.54, 1.807) is 30.3 Å². The molecule has 1 N–H and O–H groups in total. The second-order valence-corrected chi connectivity index (χ2v) is 10.7. The van der Waals surface area contributed by atoms with E-state index in [0.29, 0.717) is 36.4 Å². The molecule has 0 aliphatic heterocycles. The summed E-state index contributed by atoms with van der Waals surface area (Å²) >= 11 is 6.32. The van der Waals surface area contributed by atoms with Gasteiger partial charge in [0.2, 0.25) is 0 Å². The Kier molecular flexibility index (Phi) is 10.7. The highest BCUT2D eigenvalue weighted by atomic mass is 35.5. The average Bonchev–Trinajstić information content (AvgIpc) is 2.95. The van der Waals surface area contributed by atoms with Crippen molar-refractivity contribution in [2.45, 2.75) is 44.5 Å². The third-order valence-electron chi connectivity index (χ3n) is 7.07. The molecule has 0 bridgehead atoms. The first-order chi connectivity index (χ1) is 20.1. The summed E-state index contributed by atoms with van der Waals surface area (Å²) < 4.78 is 47.0. The van der Waals surface area contributed by atoms with Crippen LogP contribution in [0.5, 0.6) is 5.75 Å². The molecule has 42 heavy (non-hydrogen) atoms. The summed E-state index contributed by atoms with van der Waals surface area (Å²) in [5.74, 6) is -0.378. The molecule has 8 heteroatoms. The van der Waals surface area contributed by atoms with Crippen molar-refractivity contribution in [3.05, 3.63) is 136 Å². The number of ether oxygens (including phenoxy) is 1. The molecule has 0 radical (unpaired) electrons. The molecule has 4 aromatic rings. The molecule has 0 fully saturated rings. The standard InChI is InChI=1S/C34H33ClF3NO3/c1-24(42-29-16-8-10-25(20-29)21-32(40)41)18-19-39(22-28-15-9-17-31(33(28)35)34(36,37)38)23-30(26-11-4-2-5-12-26)27-13-6-3-7-14-27/h2-17,20,24,30H,18-19,21-23H2,1H3,(H,40,41)/t24-/m0/s1. The van der Waals surface area contributed by atoms with Crippen LogP contribution in [0.4, 0.5) is 13.2 Å². The molecular weight excluding hydrogens is 563 g/mol. The number of nitrogens with zero attached hydrogens (tertiary/aromatic N) is 1. The van der Waals surface area contributed by atoms with Gasteiger partial charge in [0.05, 0.1) is 23.1 Å². The first-order valence-electron chi connectivity index (χ1n) is 13.7. The van der Waals surface area contributed by atoms with E-state index in [0.717, 1.165) is 17.2 Å². The zero-order valence-electron chi connectivity index (χ0n) is 23.2. The van der Waals surface area contributed by atoms with Crippen LogP contribution >= 0.6 is 11.6 Å². The van der Waals surface area contributed by atoms with Crippen molar-refractivity contribution in [1.29, 1.82) is 0 Å². The van der Waals surface area contributed by atoms with Gasteiger partial charge in [-0.25, -0.2) is 0 Å². The lowest BCUT2D eigenvalue weighted by Crippen LogP contribution is -2.32. The minimum absolute atomic E-state index is 0.0269. The molecule has 0 aliphatic rings. The van der Waals surface area contributed by atoms with E-state index < -0.39 is 17.7 Å². The van der Waals surface area contributed by atoms with Crippen LogP contribution in [0.2, 0.25) is 5.02 Å². The van der Waals surface area contributed by atoms with E-state index in [9.17, 15) is 18.0 Å². The van der Waals surface area contributed by atoms with Gasteiger partial charge < -0.3 is 9.84 Å². The first-order valence-corrected chi connectivity index (χ1v) is 14.1. The normalized spacial score (nSPS) is 12.5. The van der Waals surface area contributed by atoms with Crippen LogP contribution in [-0.2, 0) is 23.9 Å². The fraction of sp³-hybridized carbons (Fsp3) is 0.265.